The Kier molecular flexibility index (Phi) is 4.23. The molecule has 0 atom stereocenters. The van der Waals surface area contributed by atoms with Gasteiger partial charge >= 0.3 is 0 Å². The molecule has 0 N–H and O–H groups in total. The molecule has 3 rings (SSSR count). The van der Waals surface area contributed by atoms with E-state index in [0.29, 0.717) is 18.0 Å². The van der Waals surface area contributed by atoms with Crippen LogP contribution >= 0.6 is 38.6 Å². The van der Waals surface area contributed by atoms with Gasteiger partial charge < -0.3 is 9.32 Å². The third kappa shape index (κ3) is 3.25. The first-order chi connectivity index (χ1) is 10.1. The summed E-state index contributed by atoms with van der Waals surface area (Å²) < 4.78 is 6.35. The Bertz CT molecular complexity index is 749. The molecule has 0 unspecified atom stereocenters. The van der Waals surface area contributed by atoms with Crippen LogP contribution in [0.1, 0.15) is 15.4 Å². The van der Waals surface area contributed by atoms with Crippen molar-refractivity contribution in [2.24, 2.45) is 0 Å². The summed E-state index contributed by atoms with van der Waals surface area (Å²) in [7, 11) is 1.78. The average molecular weight is 383 g/mol. The maximum Gasteiger partial charge on any atom is 0.273 e. The van der Waals surface area contributed by atoms with Crippen LogP contribution in [0.4, 0.5) is 0 Å². The number of amides is 1. The number of halogens is 1. The van der Waals surface area contributed by atoms with E-state index in [9.17, 15) is 4.79 Å². The topological polar surface area (TPSA) is 46.3 Å². The van der Waals surface area contributed by atoms with E-state index in [0.717, 1.165) is 13.7 Å². The van der Waals surface area contributed by atoms with Gasteiger partial charge in [0.15, 0.2) is 10.8 Å². The second kappa shape index (κ2) is 6.13. The van der Waals surface area contributed by atoms with Gasteiger partial charge in [-0.15, -0.1) is 22.7 Å². The third-order valence-electron chi connectivity index (χ3n) is 2.82. The van der Waals surface area contributed by atoms with Crippen LogP contribution in [0.2, 0.25) is 0 Å². The van der Waals surface area contributed by atoms with Crippen molar-refractivity contribution in [1.29, 1.82) is 0 Å². The second-order valence-electron chi connectivity index (χ2n) is 4.38. The summed E-state index contributed by atoms with van der Waals surface area (Å²) in [5, 5.41) is 2.48. The number of thiazole rings is 1. The van der Waals surface area contributed by atoms with Gasteiger partial charge in [0.2, 0.25) is 0 Å². The molecule has 0 aliphatic carbocycles. The lowest BCUT2D eigenvalue weighted by atomic mass is 10.3. The molecule has 0 fully saturated rings. The van der Waals surface area contributed by atoms with Gasteiger partial charge in [-0.25, -0.2) is 4.98 Å². The number of thiophene rings is 1. The Morgan fingerprint density at radius 3 is 2.95 bits per heavy atom. The summed E-state index contributed by atoms with van der Waals surface area (Å²) in [5.74, 6) is 0.595. The highest BCUT2D eigenvalue weighted by molar-refractivity contribution is 9.11. The minimum Gasteiger partial charge on any atom is -0.462 e. The van der Waals surface area contributed by atoms with E-state index in [2.05, 4.69) is 20.9 Å². The van der Waals surface area contributed by atoms with Crippen LogP contribution in [0.3, 0.4) is 0 Å². The summed E-state index contributed by atoms with van der Waals surface area (Å²) in [5.41, 5.74) is 0.449. The Hall–Kier alpha value is -1.44. The van der Waals surface area contributed by atoms with Crippen LogP contribution in [0.5, 0.6) is 0 Å². The molecule has 0 radical (unpaired) electrons. The van der Waals surface area contributed by atoms with Crippen molar-refractivity contribution in [3.63, 3.8) is 0 Å². The molecule has 21 heavy (non-hydrogen) atoms. The van der Waals surface area contributed by atoms with Crippen molar-refractivity contribution in [3.8, 4) is 10.8 Å². The minimum atomic E-state index is -0.0893. The molecule has 4 nitrogen and oxygen atoms in total. The fourth-order valence-electron chi connectivity index (χ4n) is 1.82. The van der Waals surface area contributed by atoms with Gasteiger partial charge in [-0.1, -0.05) is 0 Å². The molecule has 0 spiro atoms. The SMILES string of the molecule is CN(Cc1ccc(Br)s1)C(=O)c1csc(-c2ccco2)n1. The molecule has 108 valence electrons. The van der Waals surface area contributed by atoms with E-state index in [-0.39, 0.29) is 5.91 Å². The van der Waals surface area contributed by atoms with Gasteiger partial charge in [-0.3, -0.25) is 4.79 Å². The molecule has 0 bridgehead atoms. The molecule has 0 aromatic carbocycles. The van der Waals surface area contributed by atoms with Crippen molar-refractivity contribution < 1.29 is 9.21 Å². The molecule has 3 heterocycles. The van der Waals surface area contributed by atoms with Crippen LogP contribution in [0, 0.1) is 0 Å². The van der Waals surface area contributed by atoms with E-state index >= 15 is 0 Å². The normalized spacial score (nSPS) is 10.8. The molecule has 7 heteroatoms. The van der Waals surface area contributed by atoms with Gasteiger partial charge in [-0.05, 0) is 40.2 Å². The second-order valence-corrected chi connectivity index (χ2v) is 7.79. The lowest BCUT2D eigenvalue weighted by Crippen LogP contribution is -2.26. The predicted octanol–water partition coefficient (Wildman–Crippen LogP) is 4.50. The van der Waals surface area contributed by atoms with E-state index in [1.807, 2.05) is 18.2 Å². The molecule has 1 amide bonds. The Morgan fingerprint density at radius 2 is 2.29 bits per heavy atom. The molecular weight excluding hydrogens is 372 g/mol. The summed E-state index contributed by atoms with van der Waals surface area (Å²) in [6.07, 6.45) is 1.60. The number of carbonyl (C=O) groups is 1. The molecule has 3 aromatic rings. The molecule has 0 aliphatic heterocycles. The van der Waals surface area contributed by atoms with Gasteiger partial charge in [0.1, 0.15) is 5.69 Å². The Balaban J connectivity index is 1.72. The lowest BCUT2D eigenvalue weighted by molar-refractivity contribution is 0.0781. The van der Waals surface area contributed by atoms with Gasteiger partial charge in [0.05, 0.1) is 16.6 Å². The maximum atomic E-state index is 12.4. The Morgan fingerprint density at radius 1 is 1.43 bits per heavy atom. The lowest BCUT2D eigenvalue weighted by Gasteiger charge is -2.14. The van der Waals surface area contributed by atoms with Crippen molar-refractivity contribution in [3.05, 3.63) is 50.3 Å². The number of furan rings is 1. The molecule has 0 saturated heterocycles. The van der Waals surface area contributed by atoms with E-state index in [1.54, 1.807) is 41.0 Å². The fraction of sp³-hybridized carbons (Fsp3) is 0.143. The molecule has 3 aromatic heterocycles. The summed E-state index contributed by atoms with van der Waals surface area (Å²) in [6.45, 7) is 0.572. The van der Waals surface area contributed by atoms with Crippen LogP contribution < -0.4 is 0 Å². The quantitative estimate of drug-likeness (QED) is 0.667. The summed E-state index contributed by atoms with van der Waals surface area (Å²) >= 11 is 6.45. The summed E-state index contributed by atoms with van der Waals surface area (Å²) in [4.78, 5) is 19.5. The number of aromatic nitrogens is 1. The molecule has 0 aliphatic rings. The van der Waals surface area contributed by atoms with Gasteiger partial charge in [0, 0.05) is 17.3 Å². The number of hydrogen-bond acceptors (Lipinski definition) is 5. The van der Waals surface area contributed by atoms with Crippen LogP contribution in [-0.4, -0.2) is 22.8 Å². The number of carbonyl (C=O) groups excluding carboxylic acids is 1. The zero-order chi connectivity index (χ0) is 14.8. The van der Waals surface area contributed by atoms with Crippen LogP contribution in [0.25, 0.3) is 10.8 Å². The average Bonchev–Trinajstić information content (AvgIpc) is 3.18. The molecular formula is C14H11BrN2O2S2. The number of nitrogens with zero attached hydrogens (tertiary/aromatic N) is 2. The van der Waals surface area contributed by atoms with Crippen molar-refractivity contribution in [1.82, 2.24) is 9.88 Å². The smallest absolute Gasteiger partial charge is 0.273 e. The van der Waals surface area contributed by atoms with Crippen molar-refractivity contribution >= 4 is 44.5 Å². The first-order valence-electron chi connectivity index (χ1n) is 6.12. The molecule has 0 saturated carbocycles. The highest BCUT2D eigenvalue weighted by atomic mass is 79.9. The first-order valence-corrected chi connectivity index (χ1v) is 8.61. The van der Waals surface area contributed by atoms with E-state index in [1.165, 1.54) is 11.3 Å². The van der Waals surface area contributed by atoms with Gasteiger partial charge in [-0.2, -0.15) is 0 Å². The maximum absolute atomic E-state index is 12.4. The van der Waals surface area contributed by atoms with Gasteiger partial charge in [0.25, 0.3) is 5.91 Å². The number of hydrogen-bond donors (Lipinski definition) is 0. The third-order valence-corrected chi connectivity index (χ3v) is 5.29. The zero-order valence-corrected chi connectivity index (χ0v) is 14.3. The van der Waals surface area contributed by atoms with Crippen LogP contribution in [0.15, 0.2) is 44.1 Å². The van der Waals surface area contributed by atoms with E-state index < -0.39 is 0 Å². The monoisotopic (exact) mass is 382 g/mol. The van der Waals surface area contributed by atoms with Crippen LogP contribution in [-0.2, 0) is 6.54 Å². The van der Waals surface area contributed by atoms with Crippen molar-refractivity contribution in [2.75, 3.05) is 7.05 Å². The number of rotatable bonds is 4. The summed E-state index contributed by atoms with van der Waals surface area (Å²) in [6, 6.07) is 7.63. The minimum absolute atomic E-state index is 0.0893. The van der Waals surface area contributed by atoms with Crippen molar-refractivity contribution in [2.45, 2.75) is 6.54 Å². The largest absolute Gasteiger partial charge is 0.462 e. The van der Waals surface area contributed by atoms with E-state index in [4.69, 9.17) is 4.42 Å². The highest BCUT2D eigenvalue weighted by Gasteiger charge is 2.17. The highest BCUT2D eigenvalue weighted by Crippen LogP contribution is 2.26. The predicted molar refractivity (Wildman–Crippen MR) is 87.6 cm³/mol. The standard InChI is InChI=1S/C14H11BrN2O2S2/c1-17(7-9-4-5-12(15)21-9)14(18)10-8-20-13(16-10)11-3-2-6-19-11/h2-6,8H,7H2,1H3. The first kappa shape index (κ1) is 14.5. The zero-order valence-electron chi connectivity index (χ0n) is 11.1. The Labute approximate surface area is 138 Å². The fourth-order valence-corrected chi connectivity index (χ4v) is 4.12.